The van der Waals surface area contributed by atoms with E-state index >= 15 is 0 Å². The second-order valence-electron chi connectivity index (χ2n) is 3.40. The van der Waals surface area contributed by atoms with Crippen LogP contribution in [0.5, 0.6) is 0 Å². The molecule has 0 aliphatic heterocycles. The Morgan fingerprint density at radius 2 is 1.58 bits per heavy atom. The van der Waals surface area contributed by atoms with Gasteiger partial charge in [0.05, 0.1) is 0 Å². The second kappa shape index (κ2) is 7.53. The lowest BCUT2D eigenvalue weighted by Crippen LogP contribution is -2.41. The number of hydrogen-bond donors (Lipinski definition) is 3. The minimum absolute atomic E-state index is 0.163. The summed E-state index contributed by atoms with van der Waals surface area (Å²) in [6.07, 6.45) is 5.33. The van der Waals surface area contributed by atoms with E-state index in [0.29, 0.717) is 0 Å². The van der Waals surface area contributed by atoms with Crippen molar-refractivity contribution in [1.29, 1.82) is 0 Å². The molecule has 0 spiro atoms. The highest BCUT2D eigenvalue weighted by Crippen LogP contribution is 2.04. The topological polar surface area (TPSA) is 78.1 Å². The molecular weight excluding hydrogens is 150 g/mol. The summed E-state index contributed by atoms with van der Waals surface area (Å²) in [7, 11) is 0. The Morgan fingerprint density at radius 3 is 2.08 bits per heavy atom. The first-order chi connectivity index (χ1) is 5.72. The molecule has 0 aliphatic carbocycles. The fourth-order valence-electron chi connectivity index (χ4n) is 1.29. The van der Waals surface area contributed by atoms with Crippen molar-refractivity contribution in [3.05, 3.63) is 0 Å². The van der Waals surface area contributed by atoms with E-state index in [4.69, 9.17) is 17.2 Å². The van der Waals surface area contributed by atoms with E-state index < -0.39 is 0 Å². The Kier molecular flexibility index (Phi) is 7.45. The third kappa shape index (κ3) is 5.52. The van der Waals surface area contributed by atoms with Gasteiger partial charge in [0.15, 0.2) is 0 Å². The molecule has 0 aromatic carbocycles. The minimum Gasteiger partial charge on any atom is -0.330 e. The Balaban J connectivity index is 3.35. The molecule has 0 saturated carbocycles. The van der Waals surface area contributed by atoms with Crippen LogP contribution in [-0.4, -0.2) is 18.6 Å². The molecule has 0 heterocycles. The lowest BCUT2D eigenvalue weighted by molar-refractivity contribution is 0.451. The summed E-state index contributed by atoms with van der Waals surface area (Å²) in [5.41, 5.74) is 17.1. The van der Waals surface area contributed by atoms with Crippen LogP contribution in [0, 0.1) is 0 Å². The predicted octanol–water partition coefficient (Wildman–Crippen LogP) is 0.570. The van der Waals surface area contributed by atoms with Gasteiger partial charge in [-0.25, -0.2) is 0 Å². The van der Waals surface area contributed by atoms with Gasteiger partial charge in [-0.1, -0.05) is 19.8 Å². The zero-order chi connectivity index (χ0) is 9.40. The van der Waals surface area contributed by atoms with Crippen LogP contribution in [0.15, 0.2) is 0 Å². The average Bonchev–Trinajstić information content (AvgIpc) is 2.05. The summed E-state index contributed by atoms with van der Waals surface area (Å²) in [6.45, 7) is 2.89. The Bertz CT molecular complexity index is 95.8. The zero-order valence-corrected chi connectivity index (χ0v) is 8.13. The van der Waals surface area contributed by atoms with E-state index in [1.807, 2.05) is 0 Å². The normalized spacial score (nSPS) is 16.0. The minimum atomic E-state index is 0.163. The highest BCUT2D eigenvalue weighted by molar-refractivity contribution is 4.75. The van der Waals surface area contributed by atoms with Crippen molar-refractivity contribution in [3.63, 3.8) is 0 Å². The van der Waals surface area contributed by atoms with Gasteiger partial charge in [0.1, 0.15) is 0 Å². The van der Waals surface area contributed by atoms with E-state index in [0.717, 1.165) is 38.6 Å². The van der Waals surface area contributed by atoms with Crippen LogP contribution in [0.3, 0.4) is 0 Å². The molecule has 74 valence electrons. The summed E-state index contributed by atoms with van der Waals surface area (Å²) in [4.78, 5) is 0. The van der Waals surface area contributed by atoms with Gasteiger partial charge in [-0.2, -0.15) is 0 Å². The largest absolute Gasteiger partial charge is 0.330 e. The molecule has 0 aromatic rings. The molecule has 6 N–H and O–H groups in total. The maximum absolute atomic E-state index is 5.88. The summed E-state index contributed by atoms with van der Waals surface area (Å²) in [5.74, 6) is 0. The van der Waals surface area contributed by atoms with Crippen molar-refractivity contribution in [2.24, 2.45) is 17.2 Å². The van der Waals surface area contributed by atoms with Gasteiger partial charge >= 0.3 is 0 Å². The van der Waals surface area contributed by atoms with E-state index in [-0.39, 0.29) is 12.1 Å². The lowest BCUT2D eigenvalue weighted by Gasteiger charge is -2.18. The zero-order valence-electron chi connectivity index (χ0n) is 8.13. The predicted molar refractivity (Wildman–Crippen MR) is 53.8 cm³/mol. The summed E-state index contributed by atoms with van der Waals surface area (Å²) in [6, 6.07) is 0.337. The average molecular weight is 173 g/mol. The van der Waals surface area contributed by atoms with Crippen molar-refractivity contribution in [2.45, 2.75) is 51.1 Å². The van der Waals surface area contributed by atoms with Gasteiger partial charge in [-0.3, -0.25) is 0 Å². The van der Waals surface area contributed by atoms with E-state index in [9.17, 15) is 0 Å². The van der Waals surface area contributed by atoms with E-state index in [2.05, 4.69) is 6.92 Å². The maximum atomic E-state index is 5.88. The third-order valence-electron chi connectivity index (χ3n) is 2.16. The number of unbranched alkanes of at least 4 members (excludes halogenated alkanes) is 1. The van der Waals surface area contributed by atoms with Crippen molar-refractivity contribution in [3.8, 4) is 0 Å². The van der Waals surface area contributed by atoms with Crippen LogP contribution < -0.4 is 17.2 Å². The standard InChI is InChI=1S/C9H23N3/c1-2-5-8(11)9(12)6-3-4-7-10/h8-9H,2-7,10-12H2,1H3. The first-order valence-corrected chi connectivity index (χ1v) is 4.93. The molecule has 0 bridgehead atoms. The monoisotopic (exact) mass is 173 g/mol. The molecule has 0 rings (SSSR count). The van der Waals surface area contributed by atoms with Gasteiger partial charge in [0.25, 0.3) is 0 Å². The molecule has 12 heavy (non-hydrogen) atoms. The smallest absolute Gasteiger partial charge is 0.0192 e. The Labute approximate surface area is 75.7 Å². The van der Waals surface area contributed by atoms with Crippen LogP contribution in [0.2, 0.25) is 0 Å². The SMILES string of the molecule is CCCC(N)C(N)CCCCN. The van der Waals surface area contributed by atoms with Crippen LogP contribution >= 0.6 is 0 Å². The van der Waals surface area contributed by atoms with E-state index in [1.165, 1.54) is 0 Å². The van der Waals surface area contributed by atoms with Crippen molar-refractivity contribution < 1.29 is 0 Å². The molecule has 0 aliphatic rings. The van der Waals surface area contributed by atoms with E-state index in [1.54, 1.807) is 0 Å². The molecular formula is C9H23N3. The highest BCUT2D eigenvalue weighted by atomic mass is 14.8. The summed E-state index contributed by atoms with van der Waals surface area (Å²) >= 11 is 0. The van der Waals surface area contributed by atoms with Gasteiger partial charge in [0, 0.05) is 12.1 Å². The molecule has 0 aromatic heterocycles. The first kappa shape index (κ1) is 11.9. The van der Waals surface area contributed by atoms with Gasteiger partial charge in [0.2, 0.25) is 0 Å². The van der Waals surface area contributed by atoms with Gasteiger partial charge in [-0.05, 0) is 25.8 Å². The number of nitrogens with two attached hydrogens (primary N) is 3. The fourth-order valence-corrected chi connectivity index (χ4v) is 1.29. The quantitative estimate of drug-likeness (QED) is 0.492. The molecule has 0 radical (unpaired) electrons. The fraction of sp³-hybridized carbons (Fsp3) is 1.00. The highest BCUT2D eigenvalue weighted by Gasteiger charge is 2.10. The van der Waals surface area contributed by atoms with Crippen molar-refractivity contribution in [1.82, 2.24) is 0 Å². The van der Waals surface area contributed by atoms with Crippen LogP contribution in [0.1, 0.15) is 39.0 Å². The second-order valence-corrected chi connectivity index (χ2v) is 3.40. The molecule has 0 saturated heterocycles. The Hall–Kier alpha value is -0.120. The summed E-state index contributed by atoms with van der Waals surface area (Å²) < 4.78 is 0. The van der Waals surface area contributed by atoms with Crippen LogP contribution in [0.25, 0.3) is 0 Å². The number of hydrogen-bond acceptors (Lipinski definition) is 3. The molecule has 2 atom stereocenters. The van der Waals surface area contributed by atoms with Crippen LogP contribution in [-0.2, 0) is 0 Å². The molecule has 0 fully saturated rings. The van der Waals surface area contributed by atoms with Gasteiger partial charge < -0.3 is 17.2 Å². The summed E-state index contributed by atoms with van der Waals surface area (Å²) in [5, 5.41) is 0. The molecule has 3 nitrogen and oxygen atoms in total. The third-order valence-corrected chi connectivity index (χ3v) is 2.16. The first-order valence-electron chi connectivity index (χ1n) is 4.93. The number of rotatable bonds is 7. The van der Waals surface area contributed by atoms with Crippen molar-refractivity contribution in [2.75, 3.05) is 6.54 Å². The molecule has 3 heteroatoms. The van der Waals surface area contributed by atoms with Crippen molar-refractivity contribution >= 4 is 0 Å². The maximum Gasteiger partial charge on any atom is 0.0192 e. The molecule has 0 amide bonds. The Morgan fingerprint density at radius 1 is 1.00 bits per heavy atom. The lowest BCUT2D eigenvalue weighted by atomic mass is 10.00. The van der Waals surface area contributed by atoms with Gasteiger partial charge in [-0.15, -0.1) is 0 Å². The molecule has 2 unspecified atom stereocenters. The van der Waals surface area contributed by atoms with Crippen LogP contribution in [0.4, 0.5) is 0 Å².